The second-order valence-corrected chi connectivity index (χ2v) is 4.69. The Morgan fingerprint density at radius 3 is 2.53 bits per heavy atom. The van der Waals surface area contributed by atoms with E-state index in [-0.39, 0.29) is 5.75 Å². The molecule has 0 fully saturated rings. The van der Waals surface area contributed by atoms with Crippen molar-refractivity contribution in [2.75, 3.05) is 13.7 Å². The number of hydrogen-bond donors (Lipinski definition) is 1. The van der Waals surface area contributed by atoms with Crippen LogP contribution in [0, 0.1) is 0 Å². The molecule has 1 aromatic carbocycles. The Morgan fingerprint density at radius 1 is 1.41 bits per heavy atom. The highest BCUT2D eigenvalue weighted by Gasteiger charge is 2.12. The summed E-state index contributed by atoms with van der Waals surface area (Å²) in [4.78, 5) is 2.31. The molecular formula is C13H20ClNO2. The zero-order valence-corrected chi connectivity index (χ0v) is 11.6. The molecule has 1 N–H and O–H groups in total. The molecule has 0 amide bonds. The maximum Gasteiger partial charge on any atom is 0.176 e. The predicted octanol–water partition coefficient (Wildman–Crippen LogP) is 3.28. The van der Waals surface area contributed by atoms with Crippen LogP contribution >= 0.6 is 11.6 Å². The number of halogens is 1. The van der Waals surface area contributed by atoms with E-state index in [1.54, 1.807) is 6.07 Å². The number of methoxy groups -OCH3 is 1. The molecule has 0 aromatic heterocycles. The summed E-state index contributed by atoms with van der Waals surface area (Å²) in [6, 6.07) is 4.08. The molecule has 0 heterocycles. The van der Waals surface area contributed by atoms with E-state index in [1.807, 2.05) is 6.07 Å². The van der Waals surface area contributed by atoms with Gasteiger partial charge in [0.2, 0.25) is 0 Å². The van der Waals surface area contributed by atoms with Crippen LogP contribution in [0.2, 0.25) is 5.02 Å². The van der Waals surface area contributed by atoms with E-state index < -0.39 is 0 Å². The number of ether oxygens (including phenoxy) is 1. The van der Waals surface area contributed by atoms with E-state index in [1.165, 1.54) is 7.11 Å². The predicted molar refractivity (Wildman–Crippen MR) is 70.9 cm³/mol. The maximum absolute atomic E-state index is 9.65. The maximum atomic E-state index is 9.65. The van der Waals surface area contributed by atoms with Gasteiger partial charge in [-0.15, -0.1) is 0 Å². The molecule has 0 saturated heterocycles. The normalized spacial score (nSPS) is 11.2. The minimum atomic E-state index is 0.00510. The minimum Gasteiger partial charge on any atom is -0.503 e. The third-order valence-corrected chi connectivity index (χ3v) is 3.12. The van der Waals surface area contributed by atoms with Gasteiger partial charge in [0.15, 0.2) is 11.5 Å². The number of benzene rings is 1. The standard InChI is InChI=1S/C13H20ClNO2/c1-5-15(9(2)3)8-10-6-11(14)13(16)12(7-10)17-4/h6-7,9,16H,5,8H2,1-4H3. The van der Waals surface area contributed by atoms with Gasteiger partial charge in [-0.05, 0) is 38.1 Å². The topological polar surface area (TPSA) is 32.7 Å². The van der Waals surface area contributed by atoms with Gasteiger partial charge in [-0.25, -0.2) is 0 Å². The molecule has 0 bridgehead atoms. The lowest BCUT2D eigenvalue weighted by atomic mass is 10.1. The van der Waals surface area contributed by atoms with Crippen molar-refractivity contribution in [1.82, 2.24) is 4.90 Å². The Morgan fingerprint density at radius 2 is 2.06 bits per heavy atom. The summed E-state index contributed by atoms with van der Waals surface area (Å²) in [5.74, 6) is 0.429. The van der Waals surface area contributed by atoms with Crippen LogP contribution in [0.3, 0.4) is 0 Å². The van der Waals surface area contributed by atoms with Crippen molar-refractivity contribution >= 4 is 11.6 Å². The molecule has 0 aliphatic rings. The Hall–Kier alpha value is -0.930. The van der Waals surface area contributed by atoms with Gasteiger partial charge >= 0.3 is 0 Å². The zero-order chi connectivity index (χ0) is 13.0. The third kappa shape index (κ3) is 3.51. The number of hydrogen-bond acceptors (Lipinski definition) is 3. The molecule has 4 heteroatoms. The molecular weight excluding hydrogens is 238 g/mol. The fourth-order valence-corrected chi connectivity index (χ4v) is 2.00. The van der Waals surface area contributed by atoms with Gasteiger partial charge in [0.05, 0.1) is 12.1 Å². The van der Waals surface area contributed by atoms with Crippen molar-refractivity contribution in [3.8, 4) is 11.5 Å². The first-order valence-electron chi connectivity index (χ1n) is 5.79. The van der Waals surface area contributed by atoms with E-state index in [9.17, 15) is 5.11 Å². The minimum absolute atomic E-state index is 0.00510. The quantitative estimate of drug-likeness (QED) is 0.879. The summed E-state index contributed by atoms with van der Waals surface area (Å²) >= 11 is 5.96. The number of rotatable bonds is 5. The second-order valence-electron chi connectivity index (χ2n) is 4.29. The van der Waals surface area contributed by atoms with Crippen LogP contribution < -0.4 is 4.74 Å². The molecule has 0 aliphatic carbocycles. The van der Waals surface area contributed by atoms with E-state index in [2.05, 4.69) is 25.7 Å². The van der Waals surface area contributed by atoms with Gasteiger partial charge in [0.25, 0.3) is 0 Å². The first kappa shape index (κ1) is 14.1. The fourth-order valence-electron chi connectivity index (χ4n) is 1.77. The largest absolute Gasteiger partial charge is 0.503 e. The highest BCUT2D eigenvalue weighted by molar-refractivity contribution is 6.32. The average Bonchev–Trinajstić information content (AvgIpc) is 2.29. The third-order valence-electron chi connectivity index (χ3n) is 2.83. The number of nitrogens with zero attached hydrogens (tertiary/aromatic N) is 1. The Labute approximate surface area is 108 Å². The van der Waals surface area contributed by atoms with E-state index >= 15 is 0 Å². The van der Waals surface area contributed by atoms with Gasteiger partial charge < -0.3 is 9.84 Å². The smallest absolute Gasteiger partial charge is 0.176 e. The molecule has 96 valence electrons. The van der Waals surface area contributed by atoms with Crippen molar-refractivity contribution in [3.05, 3.63) is 22.7 Å². The lowest BCUT2D eigenvalue weighted by Gasteiger charge is -2.25. The van der Waals surface area contributed by atoms with Crippen LogP contribution in [-0.2, 0) is 6.54 Å². The van der Waals surface area contributed by atoms with E-state index in [4.69, 9.17) is 16.3 Å². The summed E-state index contributed by atoms with van der Waals surface area (Å²) in [5.41, 5.74) is 1.04. The van der Waals surface area contributed by atoms with Crippen molar-refractivity contribution in [3.63, 3.8) is 0 Å². The van der Waals surface area contributed by atoms with E-state index in [0.29, 0.717) is 16.8 Å². The molecule has 0 unspecified atom stereocenters. The van der Waals surface area contributed by atoms with Gasteiger partial charge in [-0.1, -0.05) is 18.5 Å². The summed E-state index contributed by atoms with van der Waals surface area (Å²) in [6.07, 6.45) is 0. The van der Waals surface area contributed by atoms with Crippen LogP contribution in [-0.4, -0.2) is 29.7 Å². The summed E-state index contributed by atoms with van der Waals surface area (Å²) in [5, 5.41) is 9.98. The first-order chi connectivity index (χ1) is 7.99. The Kier molecular flexibility index (Phi) is 5.09. The van der Waals surface area contributed by atoms with Gasteiger partial charge in [-0.2, -0.15) is 0 Å². The van der Waals surface area contributed by atoms with Crippen molar-refractivity contribution in [2.45, 2.75) is 33.4 Å². The molecule has 0 atom stereocenters. The number of aromatic hydroxyl groups is 1. The zero-order valence-electron chi connectivity index (χ0n) is 10.8. The lowest BCUT2D eigenvalue weighted by molar-refractivity contribution is 0.224. The highest BCUT2D eigenvalue weighted by atomic mass is 35.5. The molecule has 1 aromatic rings. The first-order valence-corrected chi connectivity index (χ1v) is 6.16. The molecule has 0 radical (unpaired) electrons. The fraction of sp³-hybridized carbons (Fsp3) is 0.538. The number of phenols is 1. The molecule has 0 spiro atoms. The van der Waals surface area contributed by atoms with Crippen molar-refractivity contribution in [2.24, 2.45) is 0 Å². The highest BCUT2D eigenvalue weighted by Crippen LogP contribution is 2.35. The monoisotopic (exact) mass is 257 g/mol. The second kappa shape index (κ2) is 6.12. The Bertz CT molecular complexity index is 380. The van der Waals surface area contributed by atoms with Gasteiger partial charge in [0.1, 0.15) is 0 Å². The van der Waals surface area contributed by atoms with Crippen LogP contribution in [0.25, 0.3) is 0 Å². The van der Waals surface area contributed by atoms with Gasteiger partial charge in [-0.3, -0.25) is 4.90 Å². The molecule has 0 saturated carbocycles. The molecule has 1 rings (SSSR count). The SMILES string of the molecule is CCN(Cc1cc(Cl)c(O)c(OC)c1)C(C)C. The van der Waals surface area contributed by atoms with Crippen molar-refractivity contribution in [1.29, 1.82) is 0 Å². The Balaban J connectivity index is 2.95. The summed E-state index contributed by atoms with van der Waals surface area (Å²) in [6.45, 7) is 8.20. The van der Waals surface area contributed by atoms with Crippen LogP contribution in [0.4, 0.5) is 0 Å². The molecule has 0 aliphatic heterocycles. The van der Waals surface area contributed by atoms with Crippen molar-refractivity contribution < 1.29 is 9.84 Å². The van der Waals surface area contributed by atoms with Crippen LogP contribution in [0.15, 0.2) is 12.1 Å². The van der Waals surface area contributed by atoms with Crippen LogP contribution in [0.5, 0.6) is 11.5 Å². The number of phenolic OH excluding ortho intramolecular Hbond substituents is 1. The van der Waals surface area contributed by atoms with Crippen LogP contribution in [0.1, 0.15) is 26.3 Å². The van der Waals surface area contributed by atoms with Gasteiger partial charge in [0, 0.05) is 12.6 Å². The lowest BCUT2D eigenvalue weighted by Crippen LogP contribution is -2.29. The molecule has 3 nitrogen and oxygen atoms in total. The van der Waals surface area contributed by atoms with E-state index in [0.717, 1.165) is 18.7 Å². The summed E-state index contributed by atoms with van der Waals surface area (Å²) in [7, 11) is 1.52. The average molecular weight is 258 g/mol. The molecule has 17 heavy (non-hydrogen) atoms. The summed E-state index contributed by atoms with van der Waals surface area (Å²) < 4.78 is 5.09.